The SMILES string of the molecule is C/C=C(/C)C(=O)OC[C@@]1(C)CCC[C@]2(C)[C@@H]1CC[C@]1(C)O[C@](C)(CC(=O)O)CC[C@@H]21. The molecule has 0 aromatic rings. The standard InChI is InChI=1S/C25H40O5/c1-7-17(2)21(28)29-16-22(3)11-8-12-24(5)18(22)10-14-25(6)19(24)9-13-23(4,30-25)15-20(26)27/h7,18-19H,8-16H2,1-6H3,(H,26,27)/b17-7-/t18-,19+,22-,23+,24-,25+/m1/s1. The van der Waals surface area contributed by atoms with Crippen LogP contribution in [0, 0.1) is 22.7 Å². The van der Waals surface area contributed by atoms with Gasteiger partial charge in [-0.15, -0.1) is 0 Å². The summed E-state index contributed by atoms with van der Waals surface area (Å²) in [7, 11) is 0. The van der Waals surface area contributed by atoms with Crippen molar-refractivity contribution in [3.63, 3.8) is 0 Å². The van der Waals surface area contributed by atoms with E-state index in [4.69, 9.17) is 9.47 Å². The van der Waals surface area contributed by atoms with Gasteiger partial charge in [0, 0.05) is 11.0 Å². The van der Waals surface area contributed by atoms with Crippen LogP contribution in [0.25, 0.3) is 0 Å². The summed E-state index contributed by atoms with van der Waals surface area (Å²) < 4.78 is 12.4. The molecule has 1 saturated heterocycles. The quantitative estimate of drug-likeness (QED) is 0.468. The first kappa shape index (κ1) is 23.3. The molecule has 30 heavy (non-hydrogen) atoms. The topological polar surface area (TPSA) is 72.8 Å². The van der Waals surface area contributed by atoms with Gasteiger partial charge >= 0.3 is 11.9 Å². The van der Waals surface area contributed by atoms with Crippen LogP contribution in [-0.2, 0) is 19.1 Å². The molecule has 6 atom stereocenters. The number of aliphatic carboxylic acids is 1. The summed E-state index contributed by atoms with van der Waals surface area (Å²) in [6, 6.07) is 0. The number of hydrogen-bond acceptors (Lipinski definition) is 4. The first-order valence-electron chi connectivity index (χ1n) is 11.6. The minimum atomic E-state index is -0.789. The zero-order valence-corrected chi connectivity index (χ0v) is 19.7. The number of fused-ring (bicyclic) bond motifs is 3. The molecule has 0 radical (unpaired) electrons. The van der Waals surface area contributed by atoms with Gasteiger partial charge in [-0.1, -0.05) is 26.3 Å². The average Bonchev–Trinajstić information content (AvgIpc) is 2.63. The van der Waals surface area contributed by atoms with E-state index in [0.717, 1.165) is 44.9 Å². The van der Waals surface area contributed by atoms with E-state index < -0.39 is 11.6 Å². The van der Waals surface area contributed by atoms with Crippen LogP contribution >= 0.6 is 0 Å². The molecular formula is C25H40O5. The molecule has 170 valence electrons. The molecule has 5 heteroatoms. The molecule has 0 spiro atoms. The lowest BCUT2D eigenvalue weighted by Gasteiger charge is -2.65. The Bertz CT molecular complexity index is 729. The summed E-state index contributed by atoms with van der Waals surface area (Å²) in [6.45, 7) is 13.0. The first-order chi connectivity index (χ1) is 13.9. The number of esters is 1. The lowest BCUT2D eigenvalue weighted by molar-refractivity contribution is -0.269. The summed E-state index contributed by atoms with van der Waals surface area (Å²) in [6.07, 6.45) is 8.98. The van der Waals surface area contributed by atoms with Gasteiger partial charge in [0.05, 0.1) is 24.2 Å². The third kappa shape index (κ3) is 4.06. The number of rotatable bonds is 5. The molecule has 5 nitrogen and oxygen atoms in total. The van der Waals surface area contributed by atoms with E-state index in [0.29, 0.717) is 24.0 Å². The zero-order valence-electron chi connectivity index (χ0n) is 19.7. The van der Waals surface area contributed by atoms with Crippen molar-refractivity contribution in [3.8, 4) is 0 Å². The first-order valence-corrected chi connectivity index (χ1v) is 11.6. The second-order valence-corrected chi connectivity index (χ2v) is 11.2. The Morgan fingerprint density at radius 1 is 1.07 bits per heavy atom. The maximum absolute atomic E-state index is 12.3. The molecule has 3 aliphatic rings. The minimum absolute atomic E-state index is 0.0280. The van der Waals surface area contributed by atoms with Gasteiger partial charge in [0.2, 0.25) is 0 Å². The highest BCUT2D eigenvalue weighted by molar-refractivity contribution is 5.87. The Morgan fingerprint density at radius 3 is 2.37 bits per heavy atom. The van der Waals surface area contributed by atoms with Crippen LogP contribution in [0.3, 0.4) is 0 Å². The molecule has 3 rings (SSSR count). The highest BCUT2D eigenvalue weighted by atomic mass is 16.5. The number of ether oxygens (including phenoxy) is 2. The van der Waals surface area contributed by atoms with Gasteiger partial charge in [-0.3, -0.25) is 4.79 Å². The van der Waals surface area contributed by atoms with Crippen molar-refractivity contribution in [2.75, 3.05) is 6.61 Å². The van der Waals surface area contributed by atoms with Crippen molar-refractivity contribution in [3.05, 3.63) is 11.6 Å². The van der Waals surface area contributed by atoms with E-state index in [9.17, 15) is 14.7 Å². The number of carboxylic acid groups (broad SMARTS) is 1. The molecule has 0 aromatic heterocycles. The van der Waals surface area contributed by atoms with Gasteiger partial charge in [-0.2, -0.15) is 0 Å². The summed E-state index contributed by atoms with van der Waals surface area (Å²) in [5.74, 6) is -0.124. The normalized spacial score (nSPS) is 44.0. The van der Waals surface area contributed by atoms with E-state index in [1.807, 2.05) is 13.8 Å². The van der Waals surface area contributed by atoms with Crippen molar-refractivity contribution in [1.29, 1.82) is 0 Å². The molecular weight excluding hydrogens is 380 g/mol. The van der Waals surface area contributed by atoms with Gasteiger partial charge in [0.25, 0.3) is 0 Å². The van der Waals surface area contributed by atoms with Crippen LogP contribution in [0.4, 0.5) is 0 Å². The monoisotopic (exact) mass is 420 g/mol. The van der Waals surface area contributed by atoms with Crippen LogP contribution in [0.15, 0.2) is 11.6 Å². The van der Waals surface area contributed by atoms with E-state index in [1.54, 1.807) is 13.0 Å². The van der Waals surface area contributed by atoms with Crippen LogP contribution in [-0.4, -0.2) is 34.9 Å². The van der Waals surface area contributed by atoms with E-state index in [2.05, 4.69) is 20.8 Å². The smallest absolute Gasteiger partial charge is 0.333 e. The maximum atomic E-state index is 12.3. The number of carbonyl (C=O) groups excluding carboxylic acids is 1. The Balaban J connectivity index is 1.81. The van der Waals surface area contributed by atoms with E-state index >= 15 is 0 Å². The van der Waals surface area contributed by atoms with Crippen molar-refractivity contribution in [2.24, 2.45) is 22.7 Å². The van der Waals surface area contributed by atoms with Crippen LogP contribution in [0.1, 0.15) is 92.9 Å². The molecule has 0 unspecified atom stereocenters. The number of hydrogen-bond donors (Lipinski definition) is 1. The molecule has 2 aliphatic carbocycles. The fourth-order valence-corrected chi connectivity index (χ4v) is 7.32. The molecule has 0 amide bonds. The second kappa shape index (κ2) is 7.96. The fraction of sp³-hybridized carbons (Fsp3) is 0.840. The van der Waals surface area contributed by atoms with Gasteiger partial charge in [-0.05, 0) is 83.5 Å². The lowest BCUT2D eigenvalue weighted by Crippen LogP contribution is -2.63. The van der Waals surface area contributed by atoms with Crippen LogP contribution < -0.4 is 0 Å². The Labute approximate surface area is 181 Å². The summed E-state index contributed by atoms with van der Waals surface area (Å²) >= 11 is 0. The van der Waals surface area contributed by atoms with Gasteiger partial charge < -0.3 is 14.6 Å². The number of carboxylic acids is 1. The molecule has 0 bridgehead atoms. The second-order valence-electron chi connectivity index (χ2n) is 11.2. The minimum Gasteiger partial charge on any atom is -0.481 e. The fourth-order valence-electron chi connectivity index (χ4n) is 7.32. The van der Waals surface area contributed by atoms with Crippen molar-refractivity contribution in [1.82, 2.24) is 0 Å². The van der Waals surface area contributed by atoms with E-state index in [1.165, 1.54) is 0 Å². The van der Waals surface area contributed by atoms with Crippen LogP contribution in [0.5, 0.6) is 0 Å². The van der Waals surface area contributed by atoms with E-state index in [-0.39, 0.29) is 28.8 Å². The molecule has 0 aromatic carbocycles. The van der Waals surface area contributed by atoms with Crippen molar-refractivity contribution < 1.29 is 24.2 Å². The molecule has 2 saturated carbocycles. The van der Waals surface area contributed by atoms with Crippen molar-refractivity contribution in [2.45, 2.75) is 104 Å². The van der Waals surface area contributed by atoms with Gasteiger partial charge in [0.1, 0.15) is 0 Å². The molecule has 3 fully saturated rings. The molecule has 1 heterocycles. The lowest BCUT2D eigenvalue weighted by atomic mass is 9.44. The molecule has 1 N–H and O–H groups in total. The predicted octanol–water partition coefficient (Wildman–Crippen LogP) is 5.52. The van der Waals surface area contributed by atoms with Gasteiger partial charge in [-0.25, -0.2) is 4.79 Å². The number of carbonyl (C=O) groups is 2. The molecule has 1 aliphatic heterocycles. The van der Waals surface area contributed by atoms with Crippen molar-refractivity contribution >= 4 is 11.9 Å². The Morgan fingerprint density at radius 2 is 1.73 bits per heavy atom. The maximum Gasteiger partial charge on any atom is 0.333 e. The van der Waals surface area contributed by atoms with Crippen LogP contribution in [0.2, 0.25) is 0 Å². The average molecular weight is 421 g/mol. The Kier molecular flexibility index (Phi) is 6.18. The largest absolute Gasteiger partial charge is 0.481 e. The third-order valence-corrected chi connectivity index (χ3v) is 8.82. The summed E-state index contributed by atoms with van der Waals surface area (Å²) in [4.78, 5) is 23.7. The van der Waals surface area contributed by atoms with Gasteiger partial charge in [0.15, 0.2) is 0 Å². The summed E-state index contributed by atoms with van der Waals surface area (Å²) in [5, 5.41) is 9.35. The summed E-state index contributed by atoms with van der Waals surface area (Å²) in [5.41, 5.74) is -0.124. The highest BCUT2D eigenvalue weighted by Gasteiger charge is 2.62. The Hall–Kier alpha value is -1.36. The zero-order chi connectivity index (χ0) is 22.4. The third-order valence-electron chi connectivity index (χ3n) is 8.82. The predicted molar refractivity (Wildman–Crippen MR) is 116 cm³/mol. The highest BCUT2D eigenvalue weighted by Crippen LogP contribution is 2.65. The number of allylic oxidation sites excluding steroid dienone is 1.